The summed E-state index contributed by atoms with van der Waals surface area (Å²) < 4.78 is 10.9. The lowest BCUT2D eigenvalue weighted by Gasteiger charge is -2.34. The van der Waals surface area contributed by atoms with Crippen LogP contribution in [0.5, 0.6) is 0 Å². The maximum Gasteiger partial charge on any atom is 0.374 e. The topological polar surface area (TPSA) is 63.0 Å². The minimum atomic E-state index is -0.425. The molecule has 0 aliphatic carbocycles. The maximum absolute atomic E-state index is 12.2. The van der Waals surface area contributed by atoms with E-state index < -0.39 is 5.97 Å². The Bertz CT molecular complexity index is 745. The van der Waals surface area contributed by atoms with Crippen molar-refractivity contribution in [3.63, 3.8) is 0 Å². The van der Waals surface area contributed by atoms with Crippen molar-refractivity contribution in [2.45, 2.75) is 20.4 Å². The van der Waals surface area contributed by atoms with E-state index in [4.69, 9.17) is 9.15 Å². The SMILES string of the molecule is CCOC(=O)c1oc2ccccc2c1CN1CCN(C(C)=O)CC1. The number of fused-ring (bicyclic) bond motifs is 1. The molecule has 1 aromatic carbocycles. The number of benzene rings is 1. The molecule has 3 rings (SSSR count). The molecule has 1 amide bonds. The van der Waals surface area contributed by atoms with E-state index in [1.54, 1.807) is 13.8 Å². The Morgan fingerprint density at radius 2 is 1.88 bits per heavy atom. The average molecular weight is 330 g/mol. The molecule has 0 spiro atoms. The molecule has 1 fully saturated rings. The summed E-state index contributed by atoms with van der Waals surface area (Å²) in [6.45, 7) is 7.27. The van der Waals surface area contributed by atoms with Crippen LogP contribution in [0.15, 0.2) is 28.7 Å². The number of nitrogens with zero attached hydrogens (tertiary/aromatic N) is 2. The van der Waals surface area contributed by atoms with Crippen molar-refractivity contribution < 1.29 is 18.7 Å². The Hall–Kier alpha value is -2.34. The van der Waals surface area contributed by atoms with Gasteiger partial charge in [-0.25, -0.2) is 4.79 Å². The first-order valence-corrected chi connectivity index (χ1v) is 8.25. The Morgan fingerprint density at radius 1 is 1.17 bits per heavy atom. The molecule has 2 aromatic rings. The van der Waals surface area contributed by atoms with Crippen LogP contribution in [-0.4, -0.2) is 54.5 Å². The second kappa shape index (κ2) is 7.05. The molecule has 1 saturated heterocycles. The first-order chi connectivity index (χ1) is 11.6. The van der Waals surface area contributed by atoms with Crippen LogP contribution in [0.25, 0.3) is 11.0 Å². The van der Waals surface area contributed by atoms with Crippen molar-refractivity contribution in [2.24, 2.45) is 0 Å². The third kappa shape index (κ3) is 3.28. The number of hydrogen-bond donors (Lipinski definition) is 0. The van der Waals surface area contributed by atoms with E-state index in [1.807, 2.05) is 29.2 Å². The van der Waals surface area contributed by atoms with Crippen LogP contribution in [0.2, 0.25) is 0 Å². The Kier molecular flexibility index (Phi) is 4.85. The van der Waals surface area contributed by atoms with E-state index >= 15 is 0 Å². The number of ether oxygens (including phenoxy) is 1. The molecular formula is C18H22N2O4. The molecule has 1 aliphatic rings. The lowest BCUT2D eigenvalue weighted by atomic mass is 10.1. The lowest BCUT2D eigenvalue weighted by molar-refractivity contribution is -0.130. The number of piperazine rings is 1. The van der Waals surface area contributed by atoms with E-state index in [2.05, 4.69) is 4.90 Å². The monoisotopic (exact) mass is 330 g/mol. The van der Waals surface area contributed by atoms with Gasteiger partial charge in [0.2, 0.25) is 11.7 Å². The molecule has 1 aliphatic heterocycles. The molecule has 6 nitrogen and oxygen atoms in total. The molecule has 128 valence electrons. The molecule has 0 radical (unpaired) electrons. The number of esters is 1. The summed E-state index contributed by atoms with van der Waals surface area (Å²) in [7, 11) is 0. The fourth-order valence-electron chi connectivity index (χ4n) is 3.06. The van der Waals surface area contributed by atoms with Crippen LogP contribution in [0.3, 0.4) is 0 Å². The predicted octanol–water partition coefficient (Wildman–Crippen LogP) is 2.27. The van der Waals surface area contributed by atoms with Crippen molar-refractivity contribution >= 4 is 22.8 Å². The third-order valence-corrected chi connectivity index (χ3v) is 4.36. The molecule has 0 N–H and O–H groups in total. The zero-order chi connectivity index (χ0) is 17.1. The Balaban J connectivity index is 1.84. The van der Waals surface area contributed by atoms with Gasteiger partial charge in [0.1, 0.15) is 5.58 Å². The zero-order valence-electron chi connectivity index (χ0n) is 14.1. The summed E-state index contributed by atoms with van der Waals surface area (Å²) in [5.74, 6) is -0.0336. The van der Waals surface area contributed by atoms with Gasteiger partial charge in [0.15, 0.2) is 0 Å². The summed E-state index contributed by atoms with van der Waals surface area (Å²) in [5, 5.41) is 0.939. The highest BCUT2D eigenvalue weighted by molar-refractivity contribution is 5.96. The van der Waals surface area contributed by atoms with Gasteiger partial charge in [-0.15, -0.1) is 0 Å². The van der Waals surface area contributed by atoms with Crippen LogP contribution in [-0.2, 0) is 16.1 Å². The van der Waals surface area contributed by atoms with Gasteiger partial charge in [0, 0.05) is 50.6 Å². The normalized spacial score (nSPS) is 15.7. The van der Waals surface area contributed by atoms with E-state index in [-0.39, 0.29) is 11.7 Å². The van der Waals surface area contributed by atoms with E-state index in [0.29, 0.717) is 31.8 Å². The van der Waals surface area contributed by atoms with E-state index in [9.17, 15) is 9.59 Å². The van der Waals surface area contributed by atoms with Gasteiger partial charge < -0.3 is 14.1 Å². The average Bonchev–Trinajstić information content (AvgIpc) is 2.94. The number of para-hydroxylation sites is 1. The first kappa shape index (κ1) is 16.5. The highest BCUT2D eigenvalue weighted by Gasteiger charge is 2.25. The van der Waals surface area contributed by atoms with Gasteiger partial charge >= 0.3 is 5.97 Å². The van der Waals surface area contributed by atoms with Crippen molar-refractivity contribution in [3.8, 4) is 0 Å². The second-order valence-electron chi connectivity index (χ2n) is 5.91. The fourth-order valence-corrected chi connectivity index (χ4v) is 3.06. The van der Waals surface area contributed by atoms with Gasteiger partial charge in [0.05, 0.1) is 6.61 Å². The van der Waals surface area contributed by atoms with Crippen molar-refractivity contribution in [2.75, 3.05) is 32.8 Å². The van der Waals surface area contributed by atoms with Crippen molar-refractivity contribution in [1.29, 1.82) is 0 Å². The molecular weight excluding hydrogens is 308 g/mol. The minimum absolute atomic E-state index is 0.107. The van der Waals surface area contributed by atoms with Crippen LogP contribution in [0, 0.1) is 0 Å². The van der Waals surface area contributed by atoms with E-state index in [0.717, 1.165) is 24.0 Å². The standard InChI is InChI=1S/C18H22N2O4/c1-3-23-18(22)17-15(14-6-4-5-7-16(14)24-17)12-19-8-10-20(11-9-19)13(2)21/h4-7H,3,8-12H2,1-2H3. The summed E-state index contributed by atoms with van der Waals surface area (Å²) in [6, 6.07) is 7.64. The number of furan rings is 1. The minimum Gasteiger partial charge on any atom is -0.460 e. The highest BCUT2D eigenvalue weighted by atomic mass is 16.5. The van der Waals surface area contributed by atoms with Crippen LogP contribution in [0.4, 0.5) is 0 Å². The molecule has 0 atom stereocenters. The number of hydrogen-bond acceptors (Lipinski definition) is 5. The van der Waals surface area contributed by atoms with Crippen LogP contribution < -0.4 is 0 Å². The van der Waals surface area contributed by atoms with E-state index in [1.165, 1.54) is 0 Å². The first-order valence-electron chi connectivity index (χ1n) is 8.25. The quantitative estimate of drug-likeness (QED) is 0.805. The number of amides is 1. The number of carbonyl (C=O) groups excluding carboxylic acids is 2. The predicted molar refractivity (Wildman–Crippen MR) is 89.7 cm³/mol. The summed E-state index contributed by atoms with van der Waals surface area (Å²) in [5.41, 5.74) is 1.55. The molecule has 1 aromatic heterocycles. The van der Waals surface area contributed by atoms with Crippen molar-refractivity contribution in [3.05, 3.63) is 35.6 Å². The number of rotatable bonds is 4. The summed E-state index contributed by atoms with van der Waals surface area (Å²) in [6.07, 6.45) is 0. The van der Waals surface area contributed by atoms with Crippen molar-refractivity contribution in [1.82, 2.24) is 9.80 Å². The molecule has 24 heavy (non-hydrogen) atoms. The lowest BCUT2D eigenvalue weighted by Crippen LogP contribution is -2.47. The van der Waals surface area contributed by atoms with Gasteiger partial charge in [-0.2, -0.15) is 0 Å². The summed E-state index contributed by atoms with van der Waals surface area (Å²) >= 11 is 0. The van der Waals surface area contributed by atoms with Gasteiger partial charge in [0.25, 0.3) is 0 Å². The Labute approximate surface area is 141 Å². The fraction of sp³-hybridized carbons (Fsp3) is 0.444. The molecule has 0 bridgehead atoms. The molecule has 6 heteroatoms. The zero-order valence-corrected chi connectivity index (χ0v) is 14.1. The smallest absolute Gasteiger partial charge is 0.374 e. The third-order valence-electron chi connectivity index (χ3n) is 4.36. The largest absolute Gasteiger partial charge is 0.460 e. The molecule has 2 heterocycles. The van der Waals surface area contributed by atoms with Crippen LogP contribution in [0.1, 0.15) is 30.0 Å². The number of carbonyl (C=O) groups is 2. The molecule has 0 saturated carbocycles. The summed E-state index contributed by atoms with van der Waals surface area (Å²) in [4.78, 5) is 27.8. The van der Waals surface area contributed by atoms with Gasteiger partial charge in [-0.05, 0) is 13.0 Å². The van der Waals surface area contributed by atoms with Gasteiger partial charge in [-0.3, -0.25) is 9.69 Å². The maximum atomic E-state index is 12.2. The Morgan fingerprint density at radius 3 is 2.54 bits per heavy atom. The molecule has 0 unspecified atom stereocenters. The highest BCUT2D eigenvalue weighted by Crippen LogP contribution is 2.28. The van der Waals surface area contributed by atoms with Gasteiger partial charge in [-0.1, -0.05) is 18.2 Å². The van der Waals surface area contributed by atoms with Crippen LogP contribution >= 0.6 is 0 Å². The second-order valence-corrected chi connectivity index (χ2v) is 5.91.